The summed E-state index contributed by atoms with van der Waals surface area (Å²) < 4.78 is 0. The van der Waals surface area contributed by atoms with Crippen molar-refractivity contribution in [1.82, 2.24) is 10.2 Å². The van der Waals surface area contributed by atoms with Gasteiger partial charge in [-0.25, -0.2) is 14.5 Å². The molecule has 0 aromatic rings. The maximum absolute atomic E-state index is 11.1. The number of carbonyl (C=O) groups excluding carboxylic acids is 2. The summed E-state index contributed by atoms with van der Waals surface area (Å²) in [6.07, 6.45) is 0. The molecule has 70 valence electrons. The van der Waals surface area contributed by atoms with Crippen molar-refractivity contribution < 1.29 is 9.59 Å². The maximum Gasteiger partial charge on any atom is 0.325 e. The number of nitrogens with two attached hydrogens (primary N) is 1. The summed E-state index contributed by atoms with van der Waals surface area (Å²) >= 11 is 0. The SMILES string of the molecule is CCNC(=O)N(C(N)=O)C(C)C. The van der Waals surface area contributed by atoms with Crippen LogP contribution < -0.4 is 11.1 Å². The Hall–Kier alpha value is -1.26. The zero-order valence-electron chi connectivity index (χ0n) is 7.63. The van der Waals surface area contributed by atoms with Crippen LogP contribution in [0, 0.1) is 0 Å². The van der Waals surface area contributed by atoms with Crippen LogP contribution in [0.4, 0.5) is 9.59 Å². The lowest BCUT2D eigenvalue weighted by molar-refractivity contribution is 0.181. The molecule has 0 bridgehead atoms. The van der Waals surface area contributed by atoms with Crippen molar-refractivity contribution in [1.29, 1.82) is 0 Å². The van der Waals surface area contributed by atoms with E-state index < -0.39 is 12.1 Å². The fourth-order valence-electron chi connectivity index (χ4n) is 0.825. The Balaban J connectivity index is 4.30. The molecule has 0 rings (SSSR count). The van der Waals surface area contributed by atoms with Crippen molar-refractivity contribution in [3.05, 3.63) is 0 Å². The number of imide groups is 1. The van der Waals surface area contributed by atoms with E-state index in [2.05, 4.69) is 5.32 Å². The summed E-state index contributed by atoms with van der Waals surface area (Å²) in [5.74, 6) is 0. The van der Waals surface area contributed by atoms with E-state index in [1.807, 2.05) is 0 Å². The lowest BCUT2D eigenvalue weighted by Gasteiger charge is -2.22. The molecule has 0 saturated carbocycles. The van der Waals surface area contributed by atoms with Crippen molar-refractivity contribution in [2.24, 2.45) is 5.73 Å². The van der Waals surface area contributed by atoms with Gasteiger partial charge >= 0.3 is 12.1 Å². The minimum atomic E-state index is -0.726. The lowest BCUT2D eigenvalue weighted by Crippen LogP contribution is -2.49. The molecule has 0 fully saturated rings. The van der Waals surface area contributed by atoms with Crippen LogP contribution in [0.1, 0.15) is 20.8 Å². The summed E-state index contributed by atoms with van der Waals surface area (Å²) in [7, 11) is 0. The Bertz CT molecular complexity index is 179. The van der Waals surface area contributed by atoms with Crippen LogP contribution in [0.5, 0.6) is 0 Å². The van der Waals surface area contributed by atoms with Gasteiger partial charge < -0.3 is 11.1 Å². The molecule has 0 heterocycles. The van der Waals surface area contributed by atoms with Crippen molar-refractivity contribution in [2.75, 3.05) is 6.54 Å². The Labute approximate surface area is 71.9 Å². The van der Waals surface area contributed by atoms with Crippen LogP contribution in [0.25, 0.3) is 0 Å². The lowest BCUT2D eigenvalue weighted by atomic mass is 10.3. The summed E-state index contributed by atoms with van der Waals surface area (Å²) in [6.45, 7) is 5.70. The van der Waals surface area contributed by atoms with Gasteiger partial charge in [0.1, 0.15) is 0 Å². The molecule has 5 nitrogen and oxygen atoms in total. The Morgan fingerprint density at radius 1 is 1.50 bits per heavy atom. The van der Waals surface area contributed by atoms with Gasteiger partial charge in [-0.2, -0.15) is 0 Å². The van der Waals surface area contributed by atoms with Gasteiger partial charge in [0.2, 0.25) is 0 Å². The van der Waals surface area contributed by atoms with Gasteiger partial charge in [0.05, 0.1) is 0 Å². The van der Waals surface area contributed by atoms with Gasteiger partial charge in [-0.15, -0.1) is 0 Å². The fourth-order valence-corrected chi connectivity index (χ4v) is 0.825. The Morgan fingerprint density at radius 2 is 2.00 bits per heavy atom. The van der Waals surface area contributed by atoms with Gasteiger partial charge in [-0.05, 0) is 20.8 Å². The average Bonchev–Trinajstić information content (AvgIpc) is 1.85. The van der Waals surface area contributed by atoms with Crippen molar-refractivity contribution >= 4 is 12.1 Å². The number of carbonyl (C=O) groups is 2. The summed E-state index contributed by atoms with van der Waals surface area (Å²) in [4.78, 5) is 22.9. The molecule has 0 aromatic carbocycles. The molecule has 0 atom stereocenters. The van der Waals surface area contributed by atoms with Crippen LogP contribution in [0.2, 0.25) is 0 Å². The summed E-state index contributed by atoms with van der Waals surface area (Å²) in [5, 5.41) is 2.49. The predicted molar refractivity (Wildman–Crippen MR) is 45.6 cm³/mol. The first kappa shape index (κ1) is 10.7. The fraction of sp³-hybridized carbons (Fsp3) is 0.714. The van der Waals surface area contributed by atoms with Crippen LogP contribution >= 0.6 is 0 Å². The number of hydrogen-bond donors (Lipinski definition) is 2. The number of primary amides is 1. The third-order valence-electron chi connectivity index (χ3n) is 1.30. The predicted octanol–water partition coefficient (Wildman–Crippen LogP) is 0.505. The molecule has 0 aromatic heterocycles. The number of nitrogens with one attached hydrogen (secondary N) is 1. The third kappa shape index (κ3) is 2.77. The molecule has 5 heteroatoms. The molecule has 0 aliphatic carbocycles. The molecular formula is C7H15N3O2. The summed E-state index contributed by atoms with van der Waals surface area (Å²) in [5.41, 5.74) is 4.99. The highest BCUT2D eigenvalue weighted by molar-refractivity contribution is 5.92. The molecule has 0 spiro atoms. The molecule has 0 aliphatic heterocycles. The highest BCUT2D eigenvalue weighted by atomic mass is 16.2. The summed E-state index contributed by atoms with van der Waals surface area (Å²) in [6, 6.07) is -1.38. The second-order valence-corrected chi connectivity index (χ2v) is 2.64. The van der Waals surface area contributed by atoms with Gasteiger partial charge in [-0.3, -0.25) is 0 Å². The van der Waals surface area contributed by atoms with E-state index in [0.717, 1.165) is 4.90 Å². The van der Waals surface area contributed by atoms with Crippen molar-refractivity contribution in [2.45, 2.75) is 26.8 Å². The highest BCUT2D eigenvalue weighted by Crippen LogP contribution is 1.97. The van der Waals surface area contributed by atoms with E-state index >= 15 is 0 Å². The second-order valence-electron chi connectivity index (χ2n) is 2.64. The Kier molecular flexibility index (Phi) is 4.10. The van der Waals surface area contributed by atoms with E-state index in [-0.39, 0.29) is 6.04 Å². The van der Waals surface area contributed by atoms with Gasteiger partial charge in [0, 0.05) is 12.6 Å². The second kappa shape index (κ2) is 4.58. The van der Waals surface area contributed by atoms with Crippen LogP contribution in [0.15, 0.2) is 0 Å². The third-order valence-corrected chi connectivity index (χ3v) is 1.30. The van der Waals surface area contributed by atoms with E-state index in [1.54, 1.807) is 20.8 Å². The van der Waals surface area contributed by atoms with Gasteiger partial charge in [0.15, 0.2) is 0 Å². The minimum absolute atomic E-state index is 0.214. The molecule has 0 unspecified atom stereocenters. The van der Waals surface area contributed by atoms with Crippen molar-refractivity contribution in [3.63, 3.8) is 0 Å². The highest BCUT2D eigenvalue weighted by Gasteiger charge is 2.20. The van der Waals surface area contributed by atoms with Gasteiger partial charge in [0.25, 0.3) is 0 Å². The monoisotopic (exact) mass is 173 g/mol. The van der Waals surface area contributed by atoms with E-state index in [0.29, 0.717) is 6.54 Å². The molecule has 0 aliphatic rings. The number of urea groups is 2. The minimum Gasteiger partial charge on any atom is -0.351 e. The number of nitrogens with zero attached hydrogens (tertiary/aromatic N) is 1. The van der Waals surface area contributed by atoms with E-state index in [4.69, 9.17) is 5.73 Å². The number of hydrogen-bond acceptors (Lipinski definition) is 2. The van der Waals surface area contributed by atoms with Crippen LogP contribution in [-0.2, 0) is 0 Å². The standard InChI is InChI=1S/C7H15N3O2/c1-4-9-7(12)10(5(2)3)6(8)11/h5H,4H2,1-3H3,(H2,8,11)(H,9,12). The first-order chi connectivity index (χ1) is 5.50. The first-order valence-electron chi connectivity index (χ1n) is 3.87. The van der Waals surface area contributed by atoms with E-state index in [1.165, 1.54) is 0 Å². The number of amides is 4. The maximum atomic E-state index is 11.1. The van der Waals surface area contributed by atoms with Crippen LogP contribution in [-0.4, -0.2) is 29.5 Å². The number of rotatable bonds is 2. The normalized spacial score (nSPS) is 9.67. The van der Waals surface area contributed by atoms with Crippen molar-refractivity contribution in [3.8, 4) is 0 Å². The van der Waals surface area contributed by atoms with E-state index in [9.17, 15) is 9.59 Å². The zero-order valence-corrected chi connectivity index (χ0v) is 7.63. The zero-order chi connectivity index (χ0) is 9.72. The Morgan fingerprint density at radius 3 is 2.25 bits per heavy atom. The smallest absolute Gasteiger partial charge is 0.325 e. The van der Waals surface area contributed by atoms with Gasteiger partial charge in [-0.1, -0.05) is 0 Å². The first-order valence-corrected chi connectivity index (χ1v) is 3.87. The topological polar surface area (TPSA) is 75.4 Å². The molecule has 3 N–H and O–H groups in total. The average molecular weight is 173 g/mol. The quantitative estimate of drug-likeness (QED) is 0.638. The molecular weight excluding hydrogens is 158 g/mol. The molecule has 0 radical (unpaired) electrons. The van der Waals surface area contributed by atoms with Crippen LogP contribution in [0.3, 0.4) is 0 Å². The molecule has 12 heavy (non-hydrogen) atoms. The molecule has 4 amide bonds. The largest absolute Gasteiger partial charge is 0.351 e. The molecule has 0 saturated heterocycles.